The van der Waals surface area contributed by atoms with E-state index < -0.39 is 5.41 Å². The summed E-state index contributed by atoms with van der Waals surface area (Å²) < 4.78 is 0. The van der Waals surface area contributed by atoms with Crippen molar-refractivity contribution in [2.45, 2.75) is 34.6 Å². The Labute approximate surface area is 137 Å². The first-order valence-corrected chi connectivity index (χ1v) is 7.71. The maximum absolute atomic E-state index is 13.1. The summed E-state index contributed by atoms with van der Waals surface area (Å²) in [4.78, 5) is 25.8. The molecular weight excluding hydrogens is 286 g/mol. The van der Waals surface area contributed by atoms with Crippen LogP contribution in [0.3, 0.4) is 0 Å². The molecule has 0 aliphatic rings. The minimum Gasteiger partial charge on any atom is -0.298 e. The number of aldehydes is 1. The fourth-order valence-electron chi connectivity index (χ4n) is 2.50. The summed E-state index contributed by atoms with van der Waals surface area (Å²) in [6, 6.07) is 13.2. The molecule has 0 unspecified atom stereocenters. The predicted octanol–water partition coefficient (Wildman–Crippen LogP) is 4.83. The van der Waals surface area contributed by atoms with Crippen LogP contribution in [0, 0.1) is 19.3 Å². The minimum absolute atomic E-state index is 0.0220. The van der Waals surface area contributed by atoms with Gasteiger partial charge in [-0.25, -0.2) is 0 Å². The average Bonchev–Trinajstić information content (AvgIpc) is 2.49. The van der Waals surface area contributed by atoms with E-state index in [2.05, 4.69) is 0 Å². The van der Waals surface area contributed by atoms with Crippen molar-refractivity contribution in [3.63, 3.8) is 0 Å². The third-order valence-electron chi connectivity index (χ3n) is 3.80. The van der Waals surface area contributed by atoms with Crippen molar-refractivity contribution < 1.29 is 9.59 Å². The number of carbonyl (C=O) groups is 2. The van der Waals surface area contributed by atoms with Crippen LogP contribution in [0.25, 0.3) is 0 Å². The van der Waals surface area contributed by atoms with Crippen LogP contribution < -0.4 is 4.90 Å². The molecule has 2 rings (SSSR count). The first kappa shape index (κ1) is 16.9. The number of hydrogen-bond acceptors (Lipinski definition) is 2. The summed E-state index contributed by atoms with van der Waals surface area (Å²) in [6.45, 7) is 9.65. The molecule has 0 radical (unpaired) electrons. The lowest BCUT2D eigenvalue weighted by Gasteiger charge is -2.32. The third kappa shape index (κ3) is 3.50. The smallest absolute Gasteiger partial charge is 0.236 e. The van der Waals surface area contributed by atoms with E-state index in [1.807, 2.05) is 71.0 Å². The van der Waals surface area contributed by atoms with E-state index >= 15 is 0 Å². The van der Waals surface area contributed by atoms with Crippen LogP contribution >= 0.6 is 0 Å². The first-order chi connectivity index (χ1) is 10.8. The predicted molar refractivity (Wildman–Crippen MR) is 94.3 cm³/mol. The highest BCUT2D eigenvalue weighted by atomic mass is 16.2. The van der Waals surface area contributed by atoms with Crippen molar-refractivity contribution in [1.29, 1.82) is 0 Å². The number of para-hydroxylation sites is 1. The lowest BCUT2D eigenvalue weighted by Crippen LogP contribution is -2.37. The van der Waals surface area contributed by atoms with Gasteiger partial charge in [0.25, 0.3) is 0 Å². The van der Waals surface area contributed by atoms with E-state index in [0.29, 0.717) is 5.56 Å². The van der Waals surface area contributed by atoms with E-state index in [1.165, 1.54) is 0 Å². The van der Waals surface area contributed by atoms with Crippen molar-refractivity contribution in [1.82, 2.24) is 0 Å². The molecule has 0 bridgehead atoms. The molecule has 0 N–H and O–H groups in total. The van der Waals surface area contributed by atoms with Gasteiger partial charge < -0.3 is 0 Å². The molecule has 120 valence electrons. The van der Waals surface area contributed by atoms with Crippen LogP contribution in [0.15, 0.2) is 42.5 Å². The lowest BCUT2D eigenvalue weighted by atomic mass is 9.93. The molecule has 3 nitrogen and oxygen atoms in total. The van der Waals surface area contributed by atoms with Gasteiger partial charge in [-0.15, -0.1) is 0 Å². The Hall–Kier alpha value is -2.42. The Morgan fingerprint density at radius 2 is 1.57 bits per heavy atom. The van der Waals surface area contributed by atoms with Crippen molar-refractivity contribution in [3.05, 3.63) is 59.2 Å². The summed E-state index contributed by atoms with van der Waals surface area (Å²) in [5.74, 6) is 0.0220. The van der Waals surface area contributed by atoms with Crippen LogP contribution in [-0.4, -0.2) is 12.2 Å². The number of carbonyl (C=O) groups excluding carboxylic acids is 2. The molecule has 2 aromatic carbocycles. The second-order valence-corrected chi connectivity index (χ2v) is 6.84. The normalized spacial score (nSPS) is 11.2. The number of hydrogen-bond donors (Lipinski definition) is 0. The highest BCUT2D eigenvalue weighted by Crippen LogP contribution is 2.35. The Morgan fingerprint density at radius 1 is 0.957 bits per heavy atom. The quantitative estimate of drug-likeness (QED) is 0.762. The molecule has 0 aliphatic carbocycles. The van der Waals surface area contributed by atoms with Crippen molar-refractivity contribution in [3.8, 4) is 0 Å². The monoisotopic (exact) mass is 309 g/mol. The maximum Gasteiger partial charge on any atom is 0.236 e. The standard InChI is InChI=1S/C20H23NO2/c1-14-8-6-7-9-17(14)21(19(23)20(3,4)5)18-11-10-16(13-22)12-15(18)2/h6-13H,1-5H3. The fraction of sp³-hybridized carbons (Fsp3) is 0.300. The number of amides is 1. The van der Waals surface area contributed by atoms with Crippen LogP contribution in [0.4, 0.5) is 11.4 Å². The second-order valence-electron chi connectivity index (χ2n) is 6.84. The summed E-state index contributed by atoms with van der Waals surface area (Å²) >= 11 is 0. The van der Waals surface area contributed by atoms with Gasteiger partial charge in [0, 0.05) is 11.0 Å². The fourth-order valence-corrected chi connectivity index (χ4v) is 2.50. The molecule has 2 aromatic rings. The van der Waals surface area contributed by atoms with Crippen LogP contribution in [0.1, 0.15) is 42.3 Å². The Kier molecular flexibility index (Phi) is 4.69. The summed E-state index contributed by atoms with van der Waals surface area (Å²) in [6.07, 6.45) is 0.820. The third-order valence-corrected chi connectivity index (χ3v) is 3.80. The van der Waals surface area contributed by atoms with Crippen molar-refractivity contribution in [2.24, 2.45) is 5.41 Å². The van der Waals surface area contributed by atoms with E-state index in [9.17, 15) is 9.59 Å². The van der Waals surface area contributed by atoms with Gasteiger partial charge in [0.2, 0.25) is 5.91 Å². The molecule has 0 saturated carbocycles. The molecule has 1 amide bonds. The Bertz CT molecular complexity index is 742. The molecule has 0 atom stereocenters. The highest BCUT2D eigenvalue weighted by Gasteiger charge is 2.30. The summed E-state index contributed by atoms with van der Waals surface area (Å²) in [7, 11) is 0. The van der Waals surface area contributed by atoms with E-state index in [1.54, 1.807) is 11.0 Å². The van der Waals surface area contributed by atoms with Gasteiger partial charge >= 0.3 is 0 Å². The first-order valence-electron chi connectivity index (χ1n) is 7.71. The molecule has 0 aliphatic heterocycles. The largest absolute Gasteiger partial charge is 0.298 e. The second kappa shape index (κ2) is 6.37. The van der Waals surface area contributed by atoms with Gasteiger partial charge in [0.15, 0.2) is 0 Å². The lowest BCUT2D eigenvalue weighted by molar-refractivity contribution is -0.125. The summed E-state index contributed by atoms with van der Waals surface area (Å²) in [5.41, 5.74) is 3.70. The van der Waals surface area contributed by atoms with Crippen LogP contribution in [-0.2, 0) is 4.79 Å². The zero-order valence-corrected chi connectivity index (χ0v) is 14.4. The molecule has 0 aromatic heterocycles. The number of benzene rings is 2. The molecular formula is C20H23NO2. The molecule has 0 spiro atoms. The van der Waals surface area contributed by atoms with Crippen LogP contribution in [0.5, 0.6) is 0 Å². The van der Waals surface area contributed by atoms with Crippen molar-refractivity contribution >= 4 is 23.6 Å². The minimum atomic E-state index is -0.516. The number of aryl methyl sites for hydroxylation is 2. The summed E-state index contributed by atoms with van der Waals surface area (Å²) in [5, 5.41) is 0. The van der Waals surface area contributed by atoms with Gasteiger partial charge in [-0.3, -0.25) is 14.5 Å². The van der Waals surface area contributed by atoms with Gasteiger partial charge in [-0.1, -0.05) is 39.0 Å². The Morgan fingerprint density at radius 3 is 2.09 bits per heavy atom. The SMILES string of the molecule is Cc1ccccc1N(C(=O)C(C)(C)C)c1ccc(C=O)cc1C. The number of rotatable bonds is 3. The van der Waals surface area contributed by atoms with Gasteiger partial charge in [0.1, 0.15) is 6.29 Å². The van der Waals surface area contributed by atoms with E-state index in [4.69, 9.17) is 0 Å². The maximum atomic E-state index is 13.1. The zero-order chi connectivity index (χ0) is 17.2. The van der Waals surface area contributed by atoms with Crippen molar-refractivity contribution in [2.75, 3.05) is 4.90 Å². The van der Waals surface area contributed by atoms with E-state index in [-0.39, 0.29) is 5.91 Å². The molecule has 0 fully saturated rings. The van der Waals surface area contributed by atoms with Crippen LogP contribution in [0.2, 0.25) is 0 Å². The zero-order valence-electron chi connectivity index (χ0n) is 14.4. The highest BCUT2D eigenvalue weighted by molar-refractivity contribution is 6.04. The van der Waals surface area contributed by atoms with Gasteiger partial charge in [-0.05, 0) is 49.2 Å². The number of nitrogens with zero attached hydrogens (tertiary/aromatic N) is 1. The molecule has 0 saturated heterocycles. The van der Waals surface area contributed by atoms with Gasteiger partial charge in [-0.2, -0.15) is 0 Å². The molecule has 23 heavy (non-hydrogen) atoms. The topological polar surface area (TPSA) is 37.4 Å². The average molecular weight is 309 g/mol. The van der Waals surface area contributed by atoms with E-state index in [0.717, 1.165) is 28.8 Å². The number of anilines is 2. The molecule has 3 heteroatoms. The molecule has 0 heterocycles. The van der Waals surface area contributed by atoms with Gasteiger partial charge in [0.05, 0.1) is 11.4 Å². The Balaban J connectivity index is 2.66.